The van der Waals surface area contributed by atoms with Crippen LogP contribution in [-0.2, 0) is 35.3 Å². The molecule has 0 unspecified atom stereocenters. The van der Waals surface area contributed by atoms with Gasteiger partial charge in [0.05, 0.1) is 6.61 Å². The lowest BCUT2D eigenvalue weighted by molar-refractivity contribution is -0.167. The molecule has 2 atom stereocenters. The summed E-state index contributed by atoms with van der Waals surface area (Å²) in [5.41, 5.74) is 1.94. The highest BCUT2D eigenvalue weighted by Crippen LogP contribution is 2.16. The van der Waals surface area contributed by atoms with Crippen LogP contribution in [0.1, 0.15) is 31.9 Å². The number of ether oxygens (including phenoxy) is 2. The van der Waals surface area contributed by atoms with Crippen molar-refractivity contribution in [2.45, 2.75) is 46.4 Å². The Bertz CT molecular complexity index is 746. The number of piperazine rings is 1. The minimum atomic E-state index is -0.870. The highest BCUT2D eigenvalue weighted by molar-refractivity contribution is 5.98. The van der Waals surface area contributed by atoms with E-state index in [4.69, 9.17) is 9.47 Å². The molecule has 28 heavy (non-hydrogen) atoms. The second kappa shape index (κ2) is 9.34. The quantitative estimate of drug-likeness (QED) is 0.646. The number of hydrogen-bond acceptors (Lipinski definition) is 6. The molecule has 8 heteroatoms. The summed E-state index contributed by atoms with van der Waals surface area (Å²) in [4.78, 5) is 51.4. The molecule has 0 aromatic heterocycles. The molecule has 0 aliphatic carbocycles. The number of carbonyl (C=O) groups is 4. The van der Waals surface area contributed by atoms with Crippen molar-refractivity contribution in [1.29, 1.82) is 0 Å². The summed E-state index contributed by atoms with van der Waals surface area (Å²) >= 11 is 0. The Kier molecular flexibility index (Phi) is 7.14. The molecular formula is C20H26N2O6. The van der Waals surface area contributed by atoms with Crippen molar-refractivity contribution in [3.8, 4) is 0 Å². The minimum absolute atomic E-state index is 0.0927. The summed E-state index contributed by atoms with van der Waals surface area (Å²) in [5.74, 6) is -2.00. The molecule has 1 aromatic rings. The lowest BCUT2D eigenvalue weighted by Gasteiger charge is -2.40. The molecule has 0 radical (unpaired) electrons. The summed E-state index contributed by atoms with van der Waals surface area (Å²) in [7, 11) is 0. The zero-order chi connectivity index (χ0) is 20.8. The molecule has 1 aliphatic rings. The monoisotopic (exact) mass is 390 g/mol. The van der Waals surface area contributed by atoms with Crippen molar-refractivity contribution in [1.82, 2.24) is 9.80 Å². The highest BCUT2D eigenvalue weighted by Gasteiger charge is 2.41. The molecule has 152 valence electrons. The van der Waals surface area contributed by atoms with E-state index in [2.05, 4.69) is 0 Å². The first-order valence-electron chi connectivity index (χ1n) is 9.22. The molecule has 1 heterocycles. The topological polar surface area (TPSA) is 93.2 Å². The van der Waals surface area contributed by atoms with E-state index in [1.807, 2.05) is 31.2 Å². The molecule has 8 nitrogen and oxygen atoms in total. The Morgan fingerprint density at radius 2 is 1.82 bits per heavy atom. The predicted molar refractivity (Wildman–Crippen MR) is 100.0 cm³/mol. The summed E-state index contributed by atoms with van der Waals surface area (Å²) < 4.78 is 10.1. The number of nitrogens with zero attached hydrogens (tertiary/aromatic N) is 2. The molecule has 0 saturated carbocycles. The van der Waals surface area contributed by atoms with Crippen LogP contribution in [0.3, 0.4) is 0 Å². The van der Waals surface area contributed by atoms with Gasteiger partial charge < -0.3 is 19.3 Å². The minimum Gasteiger partial charge on any atom is -0.464 e. The number of aryl methyl sites for hydroxylation is 1. The third-order valence-electron chi connectivity index (χ3n) is 4.65. The molecule has 1 aromatic carbocycles. The van der Waals surface area contributed by atoms with Gasteiger partial charge in [-0.3, -0.25) is 14.4 Å². The molecule has 2 rings (SSSR count). The van der Waals surface area contributed by atoms with Crippen LogP contribution in [0.25, 0.3) is 0 Å². The summed E-state index contributed by atoms with van der Waals surface area (Å²) in [5, 5.41) is 0. The summed E-state index contributed by atoms with van der Waals surface area (Å²) in [6.07, 6.45) is 0. The second-order valence-corrected chi connectivity index (χ2v) is 6.74. The number of carbonyl (C=O) groups excluding carboxylic acids is 4. The molecule has 0 bridgehead atoms. The van der Waals surface area contributed by atoms with Crippen molar-refractivity contribution < 1.29 is 28.7 Å². The Balaban J connectivity index is 1.94. The van der Waals surface area contributed by atoms with Crippen LogP contribution < -0.4 is 0 Å². The molecule has 0 spiro atoms. The molecular weight excluding hydrogens is 364 g/mol. The van der Waals surface area contributed by atoms with E-state index >= 15 is 0 Å². The van der Waals surface area contributed by atoms with E-state index in [1.165, 1.54) is 23.6 Å². The van der Waals surface area contributed by atoms with Gasteiger partial charge in [-0.1, -0.05) is 29.8 Å². The van der Waals surface area contributed by atoms with Crippen LogP contribution in [0.5, 0.6) is 0 Å². The SMILES string of the molecule is CCOC(=O)[C@H](C)N1CC(=O)N(CC(=O)OCc2ccc(C)cc2)[C@@H](C)C1=O. The normalized spacial score (nSPS) is 18.1. The standard InChI is InChI=1S/C20H26N2O6/c1-5-27-20(26)15(4)22-10-17(23)21(14(3)19(22)25)11-18(24)28-12-16-8-6-13(2)7-9-16/h6-9,14-15H,5,10-12H2,1-4H3/t14-,15-/m0/s1. The first kappa shape index (κ1) is 21.4. The Morgan fingerprint density at radius 1 is 1.18 bits per heavy atom. The van der Waals surface area contributed by atoms with Gasteiger partial charge in [0.2, 0.25) is 11.8 Å². The fourth-order valence-electron chi connectivity index (χ4n) is 2.88. The van der Waals surface area contributed by atoms with E-state index in [9.17, 15) is 19.2 Å². The van der Waals surface area contributed by atoms with Gasteiger partial charge in [-0.05, 0) is 33.3 Å². The van der Waals surface area contributed by atoms with E-state index in [0.29, 0.717) is 0 Å². The fourth-order valence-corrected chi connectivity index (χ4v) is 2.88. The maximum Gasteiger partial charge on any atom is 0.328 e. The van der Waals surface area contributed by atoms with Gasteiger partial charge in [0.25, 0.3) is 0 Å². The fraction of sp³-hybridized carbons (Fsp3) is 0.500. The Hall–Kier alpha value is -2.90. The van der Waals surface area contributed by atoms with Crippen LogP contribution in [0.2, 0.25) is 0 Å². The number of esters is 2. The third kappa shape index (κ3) is 5.09. The summed E-state index contributed by atoms with van der Waals surface area (Å²) in [6.45, 7) is 6.35. The van der Waals surface area contributed by atoms with Crippen molar-refractivity contribution in [3.63, 3.8) is 0 Å². The zero-order valence-electron chi connectivity index (χ0n) is 16.6. The summed E-state index contributed by atoms with van der Waals surface area (Å²) in [6, 6.07) is 5.80. The number of rotatable bonds is 7. The first-order valence-corrected chi connectivity index (χ1v) is 9.22. The Labute approximate surface area is 164 Å². The van der Waals surface area contributed by atoms with Crippen LogP contribution in [-0.4, -0.2) is 65.3 Å². The predicted octanol–water partition coefficient (Wildman–Crippen LogP) is 1.05. The maximum atomic E-state index is 12.6. The van der Waals surface area contributed by atoms with Gasteiger partial charge in [-0.25, -0.2) is 4.79 Å². The average molecular weight is 390 g/mol. The van der Waals surface area contributed by atoms with Crippen molar-refractivity contribution in [3.05, 3.63) is 35.4 Å². The van der Waals surface area contributed by atoms with Gasteiger partial charge in [-0.15, -0.1) is 0 Å². The second-order valence-electron chi connectivity index (χ2n) is 6.74. The van der Waals surface area contributed by atoms with Gasteiger partial charge >= 0.3 is 11.9 Å². The first-order chi connectivity index (χ1) is 13.2. The smallest absolute Gasteiger partial charge is 0.328 e. The van der Waals surface area contributed by atoms with Gasteiger partial charge in [0, 0.05) is 0 Å². The molecule has 0 N–H and O–H groups in total. The van der Waals surface area contributed by atoms with E-state index in [-0.39, 0.29) is 26.3 Å². The third-order valence-corrected chi connectivity index (χ3v) is 4.65. The van der Waals surface area contributed by atoms with Crippen molar-refractivity contribution >= 4 is 23.8 Å². The van der Waals surface area contributed by atoms with E-state index < -0.39 is 35.8 Å². The van der Waals surface area contributed by atoms with Crippen molar-refractivity contribution in [2.24, 2.45) is 0 Å². The molecule has 1 saturated heterocycles. The van der Waals surface area contributed by atoms with Crippen LogP contribution in [0.15, 0.2) is 24.3 Å². The lowest BCUT2D eigenvalue weighted by Crippen LogP contribution is -2.62. The number of benzene rings is 1. The van der Waals surface area contributed by atoms with Gasteiger partial charge in [0.1, 0.15) is 31.8 Å². The Morgan fingerprint density at radius 3 is 2.43 bits per heavy atom. The number of amides is 2. The van der Waals surface area contributed by atoms with Crippen molar-refractivity contribution in [2.75, 3.05) is 19.7 Å². The van der Waals surface area contributed by atoms with E-state index in [1.54, 1.807) is 6.92 Å². The maximum absolute atomic E-state index is 12.6. The molecule has 1 fully saturated rings. The van der Waals surface area contributed by atoms with Crippen LogP contribution >= 0.6 is 0 Å². The largest absolute Gasteiger partial charge is 0.464 e. The lowest BCUT2D eigenvalue weighted by atomic mass is 10.1. The van der Waals surface area contributed by atoms with Crippen LogP contribution in [0.4, 0.5) is 0 Å². The van der Waals surface area contributed by atoms with Gasteiger partial charge in [0.15, 0.2) is 0 Å². The highest BCUT2D eigenvalue weighted by atomic mass is 16.5. The van der Waals surface area contributed by atoms with Crippen LogP contribution in [0, 0.1) is 6.92 Å². The molecule has 1 aliphatic heterocycles. The van der Waals surface area contributed by atoms with Gasteiger partial charge in [-0.2, -0.15) is 0 Å². The molecule has 2 amide bonds. The zero-order valence-corrected chi connectivity index (χ0v) is 16.6. The number of hydrogen-bond donors (Lipinski definition) is 0. The van der Waals surface area contributed by atoms with E-state index in [0.717, 1.165) is 11.1 Å². The average Bonchev–Trinajstić information content (AvgIpc) is 2.67.